The predicted molar refractivity (Wildman–Crippen MR) is 126 cm³/mol. The summed E-state index contributed by atoms with van der Waals surface area (Å²) in [7, 11) is 0. The highest BCUT2D eigenvalue weighted by molar-refractivity contribution is 5.89. The van der Waals surface area contributed by atoms with Crippen molar-refractivity contribution in [1.82, 2.24) is 10.2 Å². The second kappa shape index (κ2) is 9.49. The van der Waals surface area contributed by atoms with E-state index in [4.69, 9.17) is 4.74 Å². The summed E-state index contributed by atoms with van der Waals surface area (Å²) in [6.45, 7) is 0.735. The third-order valence-electron chi connectivity index (χ3n) is 7.61. The van der Waals surface area contributed by atoms with Crippen LogP contribution in [0.15, 0.2) is 48.5 Å². The number of benzene rings is 2. The Bertz CT molecular complexity index is 1050. The van der Waals surface area contributed by atoms with Crippen molar-refractivity contribution in [3.8, 4) is 11.1 Å². The lowest BCUT2D eigenvalue weighted by atomic mass is 9.85. The third-order valence-corrected chi connectivity index (χ3v) is 7.61. The van der Waals surface area contributed by atoms with Crippen molar-refractivity contribution in [2.24, 2.45) is 5.92 Å². The van der Waals surface area contributed by atoms with Gasteiger partial charge in [0.15, 0.2) is 0 Å². The molecule has 2 amide bonds. The fourth-order valence-electron chi connectivity index (χ4n) is 6.04. The molecule has 2 aromatic rings. The molecule has 2 aliphatic carbocycles. The number of hydrogen-bond donors (Lipinski definition) is 2. The Hall–Kier alpha value is -3.35. The third kappa shape index (κ3) is 4.27. The van der Waals surface area contributed by atoms with Gasteiger partial charge < -0.3 is 20.1 Å². The van der Waals surface area contributed by atoms with Crippen molar-refractivity contribution in [1.29, 1.82) is 0 Å². The van der Waals surface area contributed by atoms with Crippen molar-refractivity contribution in [3.63, 3.8) is 0 Å². The second-order valence-electron chi connectivity index (χ2n) is 9.55. The van der Waals surface area contributed by atoms with Gasteiger partial charge in [-0.15, -0.1) is 0 Å². The van der Waals surface area contributed by atoms with E-state index >= 15 is 0 Å². The number of amides is 2. The highest BCUT2D eigenvalue weighted by Gasteiger charge is 2.41. The molecule has 0 radical (unpaired) electrons. The van der Waals surface area contributed by atoms with Gasteiger partial charge in [-0.1, -0.05) is 61.4 Å². The molecule has 0 bridgehead atoms. The molecule has 34 heavy (non-hydrogen) atoms. The van der Waals surface area contributed by atoms with Crippen molar-refractivity contribution in [3.05, 3.63) is 59.7 Å². The van der Waals surface area contributed by atoms with E-state index < -0.39 is 24.5 Å². The fourth-order valence-corrected chi connectivity index (χ4v) is 6.04. The average molecular weight is 463 g/mol. The Balaban J connectivity index is 1.26. The number of carboxylic acid groups (broad SMARTS) is 1. The van der Waals surface area contributed by atoms with Crippen LogP contribution < -0.4 is 5.32 Å². The number of aliphatic carboxylic acids is 1. The zero-order chi connectivity index (χ0) is 23.7. The van der Waals surface area contributed by atoms with Crippen molar-refractivity contribution in [2.75, 3.05) is 13.2 Å². The Morgan fingerprint density at radius 2 is 1.62 bits per heavy atom. The van der Waals surface area contributed by atoms with Crippen molar-refractivity contribution < 1.29 is 24.2 Å². The maximum Gasteiger partial charge on any atom is 0.407 e. The molecule has 7 nitrogen and oxygen atoms in total. The maximum atomic E-state index is 13.3. The molecule has 2 aromatic carbocycles. The smallest absolute Gasteiger partial charge is 0.407 e. The normalized spacial score (nSPS) is 21.8. The molecule has 3 atom stereocenters. The Labute approximate surface area is 199 Å². The van der Waals surface area contributed by atoms with Crippen LogP contribution in [0, 0.1) is 5.92 Å². The molecule has 1 saturated carbocycles. The number of carbonyl (C=O) groups is 3. The van der Waals surface area contributed by atoms with Gasteiger partial charge in [0, 0.05) is 18.5 Å². The molecule has 7 heteroatoms. The molecule has 5 rings (SSSR count). The van der Waals surface area contributed by atoms with Crippen LogP contribution in [0.3, 0.4) is 0 Å². The van der Waals surface area contributed by atoms with Crippen molar-refractivity contribution >= 4 is 18.0 Å². The van der Waals surface area contributed by atoms with Crippen LogP contribution >= 0.6 is 0 Å². The summed E-state index contributed by atoms with van der Waals surface area (Å²) < 4.78 is 5.56. The molecule has 0 spiro atoms. The van der Waals surface area contributed by atoms with Crippen LogP contribution in [0.5, 0.6) is 0 Å². The fraction of sp³-hybridized carbons (Fsp3) is 0.444. The van der Waals surface area contributed by atoms with Gasteiger partial charge in [0.2, 0.25) is 5.91 Å². The van der Waals surface area contributed by atoms with E-state index in [1.54, 1.807) is 4.90 Å². The lowest BCUT2D eigenvalue weighted by Gasteiger charge is -2.33. The zero-order valence-corrected chi connectivity index (χ0v) is 19.1. The highest BCUT2D eigenvalue weighted by Crippen LogP contribution is 2.44. The number of fused-ring (bicyclic) bond motifs is 4. The number of hydrogen-bond acceptors (Lipinski definition) is 4. The van der Waals surface area contributed by atoms with E-state index in [1.165, 1.54) is 6.42 Å². The number of carboxylic acids is 1. The summed E-state index contributed by atoms with van der Waals surface area (Å²) in [5.41, 5.74) is 4.44. The summed E-state index contributed by atoms with van der Waals surface area (Å²) in [6.07, 6.45) is 4.03. The van der Waals surface area contributed by atoms with E-state index in [1.807, 2.05) is 36.4 Å². The summed E-state index contributed by atoms with van der Waals surface area (Å²) in [4.78, 5) is 39.2. The minimum Gasteiger partial charge on any atom is -0.481 e. The van der Waals surface area contributed by atoms with E-state index in [0.29, 0.717) is 12.5 Å². The van der Waals surface area contributed by atoms with E-state index in [0.717, 1.165) is 47.9 Å². The first kappa shape index (κ1) is 22.4. The largest absolute Gasteiger partial charge is 0.481 e. The van der Waals surface area contributed by atoms with Crippen LogP contribution in [0.25, 0.3) is 11.1 Å². The summed E-state index contributed by atoms with van der Waals surface area (Å²) in [6, 6.07) is 15.1. The standard InChI is InChI=1S/C27H30N2O5/c30-25(31)15-23(26(32)29-14-13-17-7-1-6-12-24(17)29)28-27(33)34-16-22-20-10-4-2-8-18(20)19-9-3-5-11-21(19)22/h2-5,8-11,17,22-24H,1,6-7,12-16H2,(H,28,33)(H,30,31). The second-order valence-corrected chi connectivity index (χ2v) is 9.55. The Morgan fingerprint density at radius 1 is 0.971 bits per heavy atom. The summed E-state index contributed by atoms with van der Waals surface area (Å²) in [5, 5.41) is 11.9. The number of ether oxygens (including phenoxy) is 1. The Morgan fingerprint density at radius 3 is 2.29 bits per heavy atom. The van der Waals surface area contributed by atoms with Crippen LogP contribution in [0.2, 0.25) is 0 Å². The molecule has 3 aliphatic rings. The molecule has 3 unspecified atom stereocenters. The lowest BCUT2D eigenvalue weighted by molar-refractivity contribution is -0.143. The first-order chi connectivity index (χ1) is 16.5. The van der Waals surface area contributed by atoms with Gasteiger partial charge >= 0.3 is 12.1 Å². The van der Waals surface area contributed by atoms with Gasteiger partial charge in [-0.2, -0.15) is 0 Å². The maximum absolute atomic E-state index is 13.3. The average Bonchev–Trinajstić information content (AvgIpc) is 3.41. The quantitative estimate of drug-likeness (QED) is 0.672. The van der Waals surface area contributed by atoms with Crippen LogP contribution in [-0.4, -0.2) is 53.2 Å². The molecule has 0 aromatic heterocycles. The first-order valence-corrected chi connectivity index (χ1v) is 12.2. The van der Waals surface area contributed by atoms with Gasteiger partial charge in [-0.25, -0.2) is 4.79 Å². The molecule has 2 fully saturated rings. The summed E-state index contributed by atoms with van der Waals surface area (Å²) in [5.74, 6) is -1.06. The molecule has 178 valence electrons. The van der Waals surface area contributed by atoms with Crippen molar-refractivity contribution in [2.45, 2.75) is 56.5 Å². The molecule has 2 N–H and O–H groups in total. The molecule has 1 saturated heterocycles. The van der Waals surface area contributed by atoms with Crippen LogP contribution in [-0.2, 0) is 14.3 Å². The zero-order valence-electron chi connectivity index (χ0n) is 19.1. The van der Waals surface area contributed by atoms with Gasteiger partial charge in [0.25, 0.3) is 0 Å². The first-order valence-electron chi connectivity index (χ1n) is 12.2. The molecular weight excluding hydrogens is 432 g/mol. The number of alkyl carbamates (subject to hydrolysis) is 1. The van der Waals surface area contributed by atoms with E-state index in [2.05, 4.69) is 17.4 Å². The van der Waals surface area contributed by atoms with Gasteiger partial charge in [0.1, 0.15) is 12.6 Å². The number of likely N-dealkylation sites (tertiary alicyclic amines) is 1. The molecule has 1 heterocycles. The van der Waals surface area contributed by atoms with E-state index in [-0.39, 0.29) is 24.5 Å². The lowest BCUT2D eigenvalue weighted by Crippen LogP contribution is -2.52. The number of nitrogens with one attached hydrogen (secondary N) is 1. The number of carbonyl (C=O) groups excluding carboxylic acids is 2. The Kier molecular flexibility index (Phi) is 6.26. The van der Waals surface area contributed by atoms with Crippen LogP contribution in [0.1, 0.15) is 55.6 Å². The monoisotopic (exact) mass is 462 g/mol. The van der Waals surface area contributed by atoms with Gasteiger partial charge in [0.05, 0.1) is 6.42 Å². The predicted octanol–water partition coefficient (Wildman–Crippen LogP) is 4.16. The van der Waals surface area contributed by atoms with Gasteiger partial charge in [-0.3, -0.25) is 9.59 Å². The highest BCUT2D eigenvalue weighted by atomic mass is 16.5. The topological polar surface area (TPSA) is 95.9 Å². The number of nitrogens with zero attached hydrogens (tertiary/aromatic N) is 1. The minimum atomic E-state index is -1.13. The van der Waals surface area contributed by atoms with Gasteiger partial charge in [-0.05, 0) is 47.4 Å². The number of rotatable bonds is 6. The molecule has 1 aliphatic heterocycles. The van der Waals surface area contributed by atoms with Crippen LogP contribution in [0.4, 0.5) is 4.79 Å². The van der Waals surface area contributed by atoms with E-state index in [9.17, 15) is 19.5 Å². The SMILES string of the molecule is O=C(O)CC(NC(=O)OCC1c2ccccc2-c2ccccc21)C(=O)N1CCC2CCCCC21. The minimum absolute atomic E-state index is 0.103. The molecular formula is C27H30N2O5. The summed E-state index contributed by atoms with van der Waals surface area (Å²) >= 11 is 0.